The van der Waals surface area contributed by atoms with Crippen molar-refractivity contribution in [3.05, 3.63) is 53.9 Å². The first-order valence-electron chi connectivity index (χ1n) is 12.1. The zero-order chi connectivity index (χ0) is 21.8. The van der Waals surface area contributed by atoms with Crippen LogP contribution in [0.15, 0.2) is 42.6 Å². The van der Waals surface area contributed by atoms with Crippen LogP contribution in [0.4, 0.5) is 0 Å². The number of hydrogen-bond donors (Lipinski definition) is 1. The van der Waals surface area contributed by atoms with Crippen LogP contribution in [-0.2, 0) is 11.3 Å². The predicted molar refractivity (Wildman–Crippen MR) is 123 cm³/mol. The van der Waals surface area contributed by atoms with Crippen LogP contribution in [0, 0.1) is 5.92 Å². The number of nitrogens with one attached hydrogen (secondary N) is 1. The number of nitrogens with zero attached hydrogens (tertiary/aromatic N) is 2. The summed E-state index contributed by atoms with van der Waals surface area (Å²) in [4.78, 5) is 19.9. The van der Waals surface area contributed by atoms with Crippen molar-refractivity contribution in [2.24, 2.45) is 5.92 Å². The van der Waals surface area contributed by atoms with Gasteiger partial charge in [-0.1, -0.05) is 25.0 Å². The van der Waals surface area contributed by atoms with Crippen LogP contribution >= 0.6 is 0 Å². The van der Waals surface area contributed by atoms with Crippen molar-refractivity contribution in [3.8, 4) is 11.5 Å². The van der Waals surface area contributed by atoms with Crippen LogP contribution in [0.1, 0.15) is 62.2 Å². The van der Waals surface area contributed by atoms with Gasteiger partial charge in [-0.05, 0) is 68.5 Å². The van der Waals surface area contributed by atoms with Crippen molar-refractivity contribution < 1.29 is 14.3 Å². The number of carbonyl (C=O) groups excluding carboxylic acids is 1. The highest BCUT2D eigenvalue weighted by molar-refractivity contribution is 5.79. The smallest absolute Gasteiger partial charge is 0.223 e. The predicted octanol–water partition coefficient (Wildman–Crippen LogP) is 4.26. The summed E-state index contributed by atoms with van der Waals surface area (Å²) in [5, 5.41) is 3.34. The van der Waals surface area contributed by atoms with Crippen LogP contribution < -0.4 is 14.8 Å². The standard InChI is InChI=1S/C26H33N3O3/c30-26(20-6-5-7-20)28-23(22-9-1-3-12-27-22)17-21-8-2-4-13-29(21)18-19-10-11-24-25(16-19)32-15-14-31-24/h1,3,9-12,16,20-21,23H,2,4-8,13-15,17-18H2,(H,28,30)/t21-,23+/m0/s1. The lowest BCUT2D eigenvalue weighted by molar-refractivity contribution is -0.128. The number of fused-ring (bicyclic) bond motifs is 1. The Morgan fingerprint density at radius 2 is 1.94 bits per heavy atom. The summed E-state index contributed by atoms with van der Waals surface area (Å²) in [7, 11) is 0. The highest BCUT2D eigenvalue weighted by Crippen LogP contribution is 2.33. The number of amides is 1. The number of benzene rings is 1. The second-order valence-corrected chi connectivity index (χ2v) is 9.28. The highest BCUT2D eigenvalue weighted by atomic mass is 16.6. The molecule has 0 spiro atoms. The molecule has 1 aromatic heterocycles. The molecule has 2 aromatic rings. The molecule has 32 heavy (non-hydrogen) atoms. The maximum absolute atomic E-state index is 12.8. The lowest BCUT2D eigenvalue weighted by Gasteiger charge is -2.38. The number of carbonyl (C=O) groups is 1. The molecular formula is C26H33N3O3. The third-order valence-electron chi connectivity index (χ3n) is 7.09. The molecule has 1 saturated carbocycles. The molecule has 2 atom stereocenters. The highest BCUT2D eigenvalue weighted by Gasteiger charge is 2.31. The number of ether oxygens (including phenoxy) is 2. The molecule has 1 aliphatic carbocycles. The summed E-state index contributed by atoms with van der Waals surface area (Å²) in [6.07, 6.45) is 9.50. The molecule has 5 rings (SSSR count). The van der Waals surface area contributed by atoms with Crippen LogP contribution in [-0.4, -0.2) is 41.6 Å². The summed E-state index contributed by atoms with van der Waals surface area (Å²) in [5.41, 5.74) is 2.21. The number of hydrogen-bond acceptors (Lipinski definition) is 5. The molecule has 1 N–H and O–H groups in total. The Hall–Kier alpha value is -2.60. The van der Waals surface area contributed by atoms with Crippen LogP contribution in [0.2, 0.25) is 0 Å². The minimum Gasteiger partial charge on any atom is -0.486 e. The molecule has 1 saturated heterocycles. The second kappa shape index (κ2) is 9.90. The molecule has 2 fully saturated rings. The van der Waals surface area contributed by atoms with Crippen LogP contribution in [0.5, 0.6) is 11.5 Å². The van der Waals surface area contributed by atoms with E-state index < -0.39 is 0 Å². The zero-order valence-corrected chi connectivity index (χ0v) is 18.7. The molecule has 0 unspecified atom stereocenters. The van der Waals surface area contributed by atoms with Gasteiger partial charge in [-0.15, -0.1) is 0 Å². The Bertz CT molecular complexity index is 916. The van der Waals surface area contributed by atoms with E-state index in [1.807, 2.05) is 30.5 Å². The normalized spacial score (nSPS) is 22.1. The van der Waals surface area contributed by atoms with E-state index in [1.54, 1.807) is 0 Å². The van der Waals surface area contributed by atoms with Gasteiger partial charge in [0.05, 0.1) is 11.7 Å². The third kappa shape index (κ3) is 4.90. The second-order valence-electron chi connectivity index (χ2n) is 9.28. The summed E-state index contributed by atoms with van der Waals surface area (Å²) in [6, 6.07) is 12.6. The average Bonchev–Trinajstić information content (AvgIpc) is 2.79. The first kappa shape index (κ1) is 21.3. The average molecular weight is 436 g/mol. The van der Waals surface area contributed by atoms with Gasteiger partial charge in [0.1, 0.15) is 13.2 Å². The fraction of sp³-hybridized carbons (Fsp3) is 0.538. The molecule has 170 valence electrons. The summed E-state index contributed by atoms with van der Waals surface area (Å²) in [6.45, 7) is 3.18. The Morgan fingerprint density at radius 3 is 2.72 bits per heavy atom. The fourth-order valence-electron chi connectivity index (χ4n) is 5.02. The Kier molecular flexibility index (Phi) is 6.58. The number of likely N-dealkylation sites (tertiary alicyclic amines) is 1. The molecule has 6 nitrogen and oxygen atoms in total. The maximum atomic E-state index is 12.8. The molecular weight excluding hydrogens is 402 g/mol. The lowest BCUT2D eigenvalue weighted by Crippen LogP contribution is -2.44. The zero-order valence-electron chi connectivity index (χ0n) is 18.7. The van der Waals surface area contributed by atoms with Crippen molar-refractivity contribution in [3.63, 3.8) is 0 Å². The molecule has 1 amide bonds. The molecule has 0 bridgehead atoms. The molecule has 6 heteroatoms. The minimum absolute atomic E-state index is 0.0461. The van der Waals surface area contributed by atoms with Crippen molar-refractivity contribution in [2.45, 2.75) is 63.6 Å². The van der Waals surface area contributed by atoms with Gasteiger partial charge in [0.15, 0.2) is 11.5 Å². The minimum atomic E-state index is -0.0461. The van der Waals surface area contributed by atoms with Crippen LogP contribution in [0.3, 0.4) is 0 Å². The maximum Gasteiger partial charge on any atom is 0.223 e. The van der Waals surface area contributed by atoms with Crippen molar-refractivity contribution >= 4 is 5.91 Å². The molecule has 0 radical (unpaired) electrons. The van der Waals surface area contributed by atoms with Crippen molar-refractivity contribution in [1.29, 1.82) is 0 Å². The number of rotatable bonds is 7. The van der Waals surface area contributed by atoms with E-state index in [2.05, 4.69) is 27.3 Å². The van der Waals surface area contributed by atoms with E-state index >= 15 is 0 Å². The number of pyridine rings is 1. The topological polar surface area (TPSA) is 63.7 Å². The van der Waals surface area contributed by atoms with Gasteiger partial charge in [-0.2, -0.15) is 0 Å². The van der Waals surface area contributed by atoms with Gasteiger partial charge in [0.2, 0.25) is 5.91 Å². The molecule has 2 aliphatic heterocycles. The van der Waals surface area contributed by atoms with E-state index in [1.165, 1.54) is 18.4 Å². The van der Waals surface area contributed by atoms with E-state index in [0.717, 1.165) is 62.4 Å². The quantitative estimate of drug-likeness (QED) is 0.704. The van der Waals surface area contributed by atoms with E-state index in [-0.39, 0.29) is 17.9 Å². The van der Waals surface area contributed by atoms with E-state index in [0.29, 0.717) is 19.3 Å². The van der Waals surface area contributed by atoms with E-state index in [4.69, 9.17) is 9.47 Å². The van der Waals surface area contributed by atoms with Gasteiger partial charge in [0.25, 0.3) is 0 Å². The van der Waals surface area contributed by atoms with Gasteiger partial charge in [-0.25, -0.2) is 0 Å². The van der Waals surface area contributed by atoms with Gasteiger partial charge >= 0.3 is 0 Å². The Labute approximate surface area is 190 Å². The van der Waals surface area contributed by atoms with Gasteiger partial charge in [-0.3, -0.25) is 14.7 Å². The Balaban J connectivity index is 1.30. The number of piperidine rings is 1. The molecule has 3 aliphatic rings. The van der Waals surface area contributed by atoms with E-state index in [9.17, 15) is 4.79 Å². The molecule has 3 heterocycles. The first-order valence-corrected chi connectivity index (χ1v) is 12.1. The lowest BCUT2D eigenvalue weighted by atomic mass is 9.84. The largest absolute Gasteiger partial charge is 0.486 e. The fourth-order valence-corrected chi connectivity index (χ4v) is 5.02. The number of aromatic nitrogens is 1. The summed E-state index contributed by atoms with van der Waals surface area (Å²) in [5.74, 6) is 2.06. The first-order chi connectivity index (χ1) is 15.8. The van der Waals surface area contributed by atoms with Gasteiger partial charge in [0, 0.05) is 24.7 Å². The van der Waals surface area contributed by atoms with Crippen molar-refractivity contribution in [2.75, 3.05) is 19.8 Å². The van der Waals surface area contributed by atoms with Crippen LogP contribution in [0.25, 0.3) is 0 Å². The van der Waals surface area contributed by atoms with Gasteiger partial charge < -0.3 is 14.8 Å². The summed E-state index contributed by atoms with van der Waals surface area (Å²) >= 11 is 0. The molecule has 1 aromatic carbocycles. The third-order valence-corrected chi connectivity index (χ3v) is 7.09. The summed E-state index contributed by atoms with van der Waals surface area (Å²) < 4.78 is 11.5. The SMILES string of the molecule is O=C(N[C@H](C[C@@H]1CCCCN1Cc1ccc2c(c1)OCCO2)c1ccccn1)C1CCC1. The van der Waals surface area contributed by atoms with Crippen molar-refractivity contribution in [1.82, 2.24) is 15.2 Å². The Morgan fingerprint density at radius 1 is 1.06 bits per heavy atom. The monoisotopic (exact) mass is 435 g/mol.